The van der Waals surface area contributed by atoms with E-state index in [1.165, 1.54) is 41.6 Å². The van der Waals surface area contributed by atoms with E-state index in [4.69, 9.17) is 23.7 Å². The fourth-order valence-electron chi connectivity index (χ4n) is 4.52. The summed E-state index contributed by atoms with van der Waals surface area (Å²) in [4.78, 5) is 12.5. The molecule has 4 atom stereocenters. The van der Waals surface area contributed by atoms with Gasteiger partial charge in [-0.05, 0) is 41.0 Å². The molecule has 33 heavy (non-hydrogen) atoms. The van der Waals surface area contributed by atoms with Crippen molar-refractivity contribution < 1.29 is 48.9 Å². The van der Waals surface area contributed by atoms with Crippen LogP contribution in [0.25, 0.3) is 0 Å². The molecule has 180 valence electrons. The molecule has 2 aromatic rings. The number of rotatable bonds is 8. The van der Waals surface area contributed by atoms with Crippen LogP contribution in [-0.2, 0) is 4.79 Å². The highest BCUT2D eigenvalue weighted by atomic mass is 16.5. The highest BCUT2D eigenvalue weighted by molar-refractivity contribution is 5.76. The van der Waals surface area contributed by atoms with Crippen LogP contribution in [0.15, 0.2) is 24.3 Å². The summed E-state index contributed by atoms with van der Waals surface area (Å²) in [6.45, 7) is -1.00. The van der Waals surface area contributed by atoms with E-state index in [2.05, 4.69) is 0 Å². The van der Waals surface area contributed by atoms with Crippen LogP contribution in [0.1, 0.15) is 28.7 Å². The van der Waals surface area contributed by atoms with Gasteiger partial charge in [-0.3, -0.25) is 4.79 Å². The molecule has 0 fully saturated rings. The number of hydrogen-bond donors (Lipinski definition) is 4. The van der Waals surface area contributed by atoms with Gasteiger partial charge in [0.2, 0.25) is 5.75 Å². The number of carbonyl (C=O) groups is 1. The van der Waals surface area contributed by atoms with Crippen LogP contribution in [0, 0.1) is 5.92 Å². The zero-order valence-electron chi connectivity index (χ0n) is 19.0. The van der Waals surface area contributed by atoms with E-state index in [1.54, 1.807) is 18.2 Å². The van der Waals surface area contributed by atoms with Gasteiger partial charge in [-0.15, -0.1) is 0 Å². The number of fused-ring (bicyclic) bond motifs is 1. The van der Waals surface area contributed by atoms with Gasteiger partial charge in [-0.1, -0.05) is 0 Å². The molecule has 0 bridgehead atoms. The van der Waals surface area contributed by atoms with Gasteiger partial charge in [-0.25, -0.2) is 0 Å². The minimum Gasteiger partial charge on any atom is -0.493 e. The third-order valence-corrected chi connectivity index (χ3v) is 6.13. The summed E-state index contributed by atoms with van der Waals surface area (Å²) >= 11 is 0. The molecule has 0 saturated heterocycles. The summed E-state index contributed by atoms with van der Waals surface area (Å²) in [5.41, 5.74) is -1.44. The van der Waals surface area contributed by atoms with Crippen molar-refractivity contribution >= 4 is 5.97 Å². The Balaban J connectivity index is 2.42. The van der Waals surface area contributed by atoms with Gasteiger partial charge < -0.3 is 44.1 Å². The molecular formula is C23H28O10. The first-order valence-corrected chi connectivity index (χ1v) is 10.0. The summed E-state index contributed by atoms with van der Waals surface area (Å²) in [6, 6.07) is 6.15. The molecule has 0 unspecified atom stereocenters. The molecule has 10 nitrogen and oxygen atoms in total. The number of aliphatic hydroxyl groups excluding tert-OH is 2. The van der Waals surface area contributed by atoms with E-state index < -0.39 is 36.1 Å². The first-order chi connectivity index (χ1) is 15.7. The van der Waals surface area contributed by atoms with Gasteiger partial charge in [0, 0.05) is 5.92 Å². The molecule has 0 saturated carbocycles. The Morgan fingerprint density at radius 3 is 1.73 bits per heavy atom. The fourth-order valence-corrected chi connectivity index (χ4v) is 4.52. The quantitative estimate of drug-likeness (QED) is 0.452. The molecular weight excluding hydrogens is 436 g/mol. The molecule has 2 aromatic carbocycles. The number of aliphatic carboxylic acids is 1. The summed E-state index contributed by atoms with van der Waals surface area (Å²) in [7, 11) is 7.12. The largest absolute Gasteiger partial charge is 0.493 e. The van der Waals surface area contributed by atoms with Crippen LogP contribution < -0.4 is 23.7 Å². The Labute approximate surface area is 190 Å². The molecule has 0 spiro atoms. The van der Waals surface area contributed by atoms with E-state index in [9.17, 15) is 25.2 Å². The lowest BCUT2D eigenvalue weighted by Gasteiger charge is -2.46. The monoisotopic (exact) mass is 464 g/mol. The predicted octanol–water partition coefficient (Wildman–Crippen LogP) is 1.33. The average molecular weight is 464 g/mol. The van der Waals surface area contributed by atoms with Crippen molar-refractivity contribution in [1.29, 1.82) is 0 Å². The zero-order chi connectivity index (χ0) is 24.5. The van der Waals surface area contributed by atoms with Gasteiger partial charge in [0.05, 0.1) is 42.2 Å². The number of carboxylic acid groups (broad SMARTS) is 1. The van der Waals surface area contributed by atoms with Crippen molar-refractivity contribution in [3.05, 3.63) is 41.0 Å². The first kappa shape index (κ1) is 24.4. The maximum atomic E-state index is 12.5. The Morgan fingerprint density at radius 1 is 0.848 bits per heavy atom. The Bertz CT molecular complexity index is 1010. The van der Waals surface area contributed by atoms with E-state index in [-0.39, 0.29) is 22.8 Å². The number of hydrogen-bond acceptors (Lipinski definition) is 9. The highest BCUT2D eigenvalue weighted by Crippen LogP contribution is 2.54. The summed E-state index contributed by atoms with van der Waals surface area (Å²) in [5.74, 6) is -2.65. The second kappa shape index (κ2) is 9.34. The van der Waals surface area contributed by atoms with Gasteiger partial charge >= 0.3 is 5.97 Å². The predicted molar refractivity (Wildman–Crippen MR) is 116 cm³/mol. The standard InChI is InChI=1S/C23H28O10/c1-29-14-8-12-13(9-15(14)30-2)21(25)23(28,10-24)19(22(26)27)18(12)11-6-16(31-3)20(33-5)17(7-11)32-4/h6-9,18-19,21,24-25,28H,10H2,1-5H3,(H,26,27)/t18-,19+,21+,23+/m1/s1. The zero-order valence-corrected chi connectivity index (χ0v) is 19.0. The Hall–Kier alpha value is -3.21. The van der Waals surface area contributed by atoms with Crippen molar-refractivity contribution in [2.24, 2.45) is 5.92 Å². The third kappa shape index (κ3) is 3.79. The van der Waals surface area contributed by atoms with Gasteiger partial charge in [0.25, 0.3) is 0 Å². The maximum Gasteiger partial charge on any atom is 0.310 e. The van der Waals surface area contributed by atoms with Crippen LogP contribution in [0.3, 0.4) is 0 Å². The van der Waals surface area contributed by atoms with Crippen molar-refractivity contribution in [2.45, 2.75) is 17.6 Å². The number of methoxy groups -OCH3 is 5. The first-order valence-electron chi connectivity index (χ1n) is 10.0. The summed E-state index contributed by atoms with van der Waals surface area (Å²) in [6.07, 6.45) is -1.71. The SMILES string of the molecule is COc1cc2c(cc1OC)[C@H](O)[C@](O)(CO)[C@H](C(=O)O)[C@@H]2c1cc(OC)c(OC)c(OC)c1. The van der Waals surface area contributed by atoms with Crippen LogP contribution in [0.2, 0.25) is 0 Å². The summed E-state index contributed by atoms with van der Waals surface area (Å²) < 4.78 is 26.9. The molecule has 0 aromatic heterocycles. The molecule has 3 rings (SSSR count). The van der Waals surface area contributed by atoms with Crippen LogP contribution in [0.4, 0.5) is 0 Å². The minimum absolute atomic E-state index is 0.195. The van der Waals surface area contributed by atoms with E-state index >= 15 is 0 Å². The normalized spacial score (nSPS) is 23.9. The minimum atomic E-state index is -2.40. The Morgan fingerprint density at radius 2 is 1.33 bits per heavy atom. The second-order valence-corrected chi connectivity index (χ2v) is 7.64. The number of benzene rings is 2. The molecule has 10 heteroatoms. The average Bonchev–Trinajstić information content (AvgIpc) is 2.83. The van der Waals surface area contributed by atoms with E-state index in [0.29, 0.717) is 22.6 Å². The smallest absolute Gasteiger partial charge is 0.310 e. The van der Waals surface area contributed by atoms with Crippen molar-refractivity contribution in [3.8, 4) is 28.7 Å². The highest BCUT2D eigenvalue weighted by Gasteiger charge is 2.57. The van der Waals surface area contributed by atoms with E-state index in [1.807, 2.05) is 0 Å². The molecule has 0 radical (unpaired) electrons. The second-order valence-electron chi connectivity index (χ2n) is 7.64. The van der Waals surface area contributed by atoms with Crippen LogP contribution >= 0.6 is 0 Å². The lowest BCUT2D eigenvalue weighted by molar-refractivity contribution is -0.181. The van der Waals surface area contributed by atoms with Crippen LogP contribution in [-0.4, -0.2) is 74.2 Å². The number of carboxylic acids is 1. The number of aliphatic hydroxyl groups is 3. The molecule has 0 aliphatic heterocycles. The Kier molecular flexibility index (Phi) is 6.92. The molecule has 1 aliphatic rings. The third-order valence-electron chi connectivity index (χ3n) is 6.13. The lowest BCUT2D eigenvalue weighted by Crippen LogP contribution is -2.55. The van der Waals surface area contributed by atoms with Crippen molar-refractivity contribution in [3.63, 3.8) is 0 Å². The molecule has 1 aliphatic carbocycles. The molecule has 0 amide bonds. The molecule has 0 heterocycles. The van der Waals surface area contributed by atoms with Crippen LogP contribution in [0.5, 0.6) is 28.7 Å². The van der Waals surface area contributed by atoms with Gasteiger partial charge in [0.15, 0.2) is 23.0 Å². The van der Waals surface area contributed by atoms with Gasteiger partial charge in [-0.2, -0.15) is 0 Å². The lowest BCUT2D eigenvalue weighted by atomic mass is 9.62. The van der Waals surface area contributed by atoms with E-state index in [0.717, 1.165) is 0 Å². The van der Waals surface area contributed by atoms with Crippen molar-refractivity contribution in [2.75, 3.05) is 42.2 Å². The fraction of sp³-hybridized carbons (Fsp3) is 0.435. The van der Waals surface area contributed by atoms with Crippen molar-refractivity contribution in [1.82, 2.24) is 0 Å². The topological polar surface area (TPSA) is 144 Å². The maximum absolute atomic E-state index is 12.5. The molecule has 4 N–H and O–H groups in total. The summed E-state index contributed by atoms with van der Waals surface area (Å²) in [5, 5.41) is 42.4. The van der Waals surface area contributed by atoms with Gasteiger partial charge in [0.1, 0.15) is 17.6 Å². The number of ether oxygens (including phenoxy) is 5.